The Kier molecular flexibility index (Phi) is 5.63. The first-order chi connectivity index (χ1) is 16.1. The van der Waals surface area contributed by atoms with Gasteiger partial charge in [-0.05, 0) is 12.5 Å². The summed E-state index contributed by atoms with van der Waals surface area (Å²) in [5, 5.41) is 4.51. The first-order valence-corrected chi connectivity index (χ1v) is 10.7. The van der Waals surface area contributed by atoms with Gasteiger partial charge in [-0.3, -0.25) is 0 Å². The van der Waals surface area contributed by atoms with Crippen molar-refractivity contribution >= 4 is 17.0 Å². The van der Waals surface area contributed by atoms with Gasteiger partial charge < -0.3 is 18.9 Å². The molecule has 0 unspecified atom stereocenters. The van der Waals surface area contributed by atoms with Gasteiger partial charge in [0.2, 0.25) is 5.88 Å². The van der Waals surface area contributed by atoms with E-state index in [0.29, 0.717) is 55.7 Å². The van der Waals surface area contributed by atoms with E-state index in [1.165, 1.54) is 9.25 Å². The molecule has 9 nitrogen and oxygen atoms in total. The maximum absolute atomic E-state index is 13.7. The minimum atomic E-state index is -2.73. The van der Waals surface area contributed by atoms with Crippen LogP contribution in [0.3, 0.4) is 0 Å². The van der Waals surface area contributed by atoms with Crippen molar-refractivity contribution in [2.24, 2.45) is 0 Å². The molecule has 5 rings (SSSR count). The molecule has 0 atom stereocenters. The SMILES string of the molecule is CCn1c(C(F)F)nc2c(N3CCOCC3)nc(-n3cc(-c4ccccc4)c(OC)n3)nc21. The van der Waals surface area contributed by atoms with Crippen LogP contribution in [0.1, 0.15) is 19.2 Å². The number of hydrogen-bond donors (Lipinski definition) is 0. The lowest BCUT2D eigenvalue weighted by Crippen LogP contribution is -2.37. The van der Waals surface area contributed by atoms with Gasteiger partial charge in [0.15, 0.2) is 22.8 Å². The molecule has 0 aliphatic carbocycles. The number of fused-ring (bicyclic) bond motifs is 1. The molecule has 0 amide bonds. The second kappa shape index (κ2) is 8.74. The number of ether oxygens (including phenoxy) is 2. The monoisotopic (exact) mass is 455 g/mol. The molecule has 0 N–H and O–H groups in total. The first-order valence-electron chi connectivity index (χ1n) is 10.7. The van der Waals surface area contributed by atoms with Crippen LogP contribution in [0.4, 0.5) is 14.6 Å². The predicted molar refractivity (Wildman–Crippen MR) is 118 cm³/mol. The zero-order valence-electron chi connectivity index (χ0n) is 18.3. The number of methoxy groups -OCH3 is 1. The molecule has 1 fully saturated rings. The van der Waals surface area contributed by atoms with Gasteiger partial charge in [-0.15, -0.1) is 5.10 Å². The Morgan fingerprint density at radius 2 is 1.85 bits per heavy atom. The average Bonchev–Trinajstić information content (AvgIpc) is 3.46. The first kappa shape index (κ1) is 21.3. The summed E-state index contributed by atoms with van der Waals surface area (Å²) < 4.78 is 41.4. The number of aromatic nitrogens is 6. The molecule has 4 heterocycles. The number of alkyl halides is 2. The van der Waals surface area contributed by atoms with E-state index >= 15 is 0 Å². The number of hydrogen-bond acceptors (Lipinski definition) is 7. The molecule has 3 aromatic heterocycles. The van der Waals surface area contributed by atoms with Crippen molar-refractivity contribution in [1.29, 1.82) is 0 Å². The number of anilines is 1. The summed E-state index contributed by atoms with van der Waals surface area (Å²) >= 11 is 0. The summed E-state index contributed by atoms with van der Waals surface area (Å²) in [6.07, 6.45) is -0.950. The quantitative estimate of drug-likeness (QED) is 0.440. The van der Waals surface area contributed by atoms with Gasteiger partial charge in [-0.25, -0.2) is 18.4 Å². The molecule has 11 heteroatoms. The Bertz CT molecular complexity index is 1270. The predicted octanol–water partition coefficient (Wildman–Crippen LogP) is 3.48. The van der Waals surface area contributed by atoms with Crippen molar-refractivity contribution in [2.75, 3.05) is 38.3 Å². The van der Waals surface area contributed by atoms with E-state index in [-0.39, 0.29) is 11.8 Å². The van der Waals surface area contributed by atoms with Gasteiger partial charge in [-0.2, -0.15) is 9.97 Å². The van der Waals surface area contributed by atoms with Gasteiger partial charge in [0.25, 0.3) is 12.4 Å². The van der Waals surface area contributed by atoms with Crippen LogP contribution in [0.25, 0.3) is 28.2 Å². The number of imidazole rings is 1. The summed E-state index contributed by atoms with van der Waals surface area (Å²) in [6.45, 7) is 4.27. The second-order valence-corrected chi connectivity index (χ2v) is 7.50. The van der Waals surface area contributed by atoms with Crippen LogP contribution in [0.15, 0.2) is 36.5 Å². The lowest BCUT2D eigenvalue weighted by atomic mass is 10.1. The zero-order chi connectivity index (χ0) is 22.9. The van der Waals surface area contributed by atoms with Gasteiger partial charge in [0.05, 0.1) is 25.9 Å². The second-order valence-electron chi connectivity index (χ2n) is 7.50. The van der Waals surface area contributed by atoms with E-state index in [9.17, 15) is 8.78 Å². The number of aryl methyl sites for hydroxylation is 1. The number of halogens is 2. The van der Waals surface area contributed by atoms with Crippen molar-refractivity contribution in [3.8, 4) is 23.0 Å². The smallest absolute Gasteiger partial charge is 0.295 e. The van der Waals surface area contributed by atoms with Crippen LogP contribution in [-0.2, 0) is 11.3 Å². The number of nitrogens with zero attached hydrogens (tertiary/aromatic N) is 7. The van der Waals surface area contributed by atoms with Crippen LogP contribution >= 0.6 is 0 Å². The standard InChI is InChI=1S/C22H23F2N7O2/c1-3-30-19-16(25-20(30)17(23)24)18(29-9-11-33-12-10-29)26-22(27-19)31-13-15(21(28-31)32-2)14-7-5-4-6-8-14/h4-8,13,17H,3,9-12H2,1-2H3. The van der Waals surface area contributed by atoms with E-state index in [0.717, 1.165) is 11.1 Å². The van der Waals surface area contributed by atoms with Crippen LogP contribution in [0, 0.1) is 0 Å². The van der Waals surface area contributed by atoms with E-state index in [4.69, 9.17) is 14.5 Å². The zero-order valence-corrected chi connectivity index (χ0v) is 18.3. The molecule has 0 saturated carbocycles. The maximum Gasteiger partial charge on any atom is 0.295 e. The summed E-state index contributed by atoms with van der Waals surface area (Å²) in [5.41, 5.74) is 2.39. The average molecular weight is 455 g/mol. The maximum atomic E-state index is 13.7. The fraction of sp³-hybridized carbons (Fsp3) is 0.364. The van der Waals surface area contributed by atoms with Gasteiger partial charge in [0.1, 0.15) is 0 Å². The Hall–Kier alpha value is -3.60. The highest BCUT2D eigenvalue weighted by molar-refractivity contribution is 5.85. The number of benzene rings is 1. The van der Waals surface area contributed by atoms with Crippen molar-refractivity contribution in [3.63, 3.8) is 0 Å². The molecule has 172 valence electrons. The van der Waals surface area contributed by atoms with E-state index in [2.05, 4.69) is 15.1 Å². The van der Waals surface area contributed by atoms with Gasteiger partial charge >= 0.3 is 0 Å². The van der Waals surface area contributed by atoms with Crippen molar-refractivity contribution in [1.82, 2.24) is 29.3 Å². The van der Waals surface area contributed by atoms with Gasteiger partial charge in [0, 0.05) is 25.8 Å². The molecule has 1 saturated heterocycles. The van der Waals surface area contributed by atoms with Gasteiger partial charge in [-0.1, -0.05) is 30.3 Å². The van der Waals surface area contributed by atoms with E-state index in [1.54, 1.807) is 20.2 Å². The topological polar surface area (TPSA) is 83.1 Å². The Morgan fingerprint density at radius 3 is 2.52 bits per heavy atom. The molecule has 0 bridgehead atoms. The molecule has 33 heavy (non-hydrogen) atoms. The normalized spacial score (nSPS) is 14.4. The lowest BCUT2D eigenvalue weighted by molar-refractivity contribution is 0.122. The Labute approximate surface area is 188 Å². The summed E-state index contributed by atoms with van der Waals surface area (Å²) in [7, 11) is 1.55. The van der Waals surface area contributed by atoms with Crippen LogP contribution < -0.4 is 9.64 Å². The van der Waals surface area contributed by atoms with Crippen molar-refractivity contribution in [3.05, 3.63) is 42.4 Å². The van der Waals surface area contributed by atoms with Crippen LogP contribution in [0.5, 0.6) is 5.88 Å². The Morgan fingerprint density at radius 1 is 1.09 bits per heavy atom. The molecule has 1 aromatic carbocycles. The van der Waals surface area contributed by atoms with Crippen molar-refractivity contribution in [2.45, 2.75) is 19.9 Å². The largest absolute Gasteiger partial charge is 0.479 e. The third-order valence-corrected chi connectivity index (χ3v) is 5.58. The third kappa shape index (κ3) is 3.78. The molecule has 1 aliphatic rings. The van der Waals surface area contributed by atoms with Crippen LogP contribution in [0.2, 0.25) is 0 Å². The summed E-state index contributed by atoms with van der Waals surface area (Å²) in [5.74, 6) is 0.828. The fourth-order valence-electron chi connectivity index (χ4n) is 4.00. The Balaban J connectivity index is 1.71. The third-order valence-electron chi connectivity index (χ3n) is 5.58. The fourth-order valence-corrected chi connectivity index (χ4v) is 4.00. The van der Waals surface area contributed by atoms with Crippen molar-refractivity contribution < 1.29 is 18.3 Å². The molecular formula is C22H23F2N7O2. The number of morpholine rings is 1. The molecule has 1 aliphatic heterocycles. The molecule has 0 radical (unpaired) electrons. The summed E-state index contributed by atoms with van der Waals surface area (Å²) in [4.78, 5) is 15.5. The lowest BCUT2D eigenvalue weighted by Gasteiger charge is -2.28. The molecule has 0 spiro atoms. The van der Waals surface area contributed by atoms with E-state index < -0.39 is 6.43 Å². The molecule has 4 aromatic rings. The minimum Gasteiger partial charge on any atom is -0.479 e. The summed E-state index contributed by atoms with van der Waals surface area (Å²) in [6, 6.07) is 9.69. The van der Waals surface area contributed by atoms with Crippen LogP contribution in [-0.4, -0.2) is 62.7 Å². The van der Waals surface area contributed by atoms with E-state index in [1.807, 2.05) is 35.2 Å². The highest BCUT2D eigenvalue weighted by Crippen LogP contribution is 2.32. The molecular weight excluding hydrogens is 432 g/mol. The minimum absolute atomic E-state index is 0.250. The highest BCUT2D eigenvalue weighted by atomic mass is 19.3. The highest BCUT2D eigenvalue weighted by Gasteiger charge is 2.26. The number of rotatable bonds is 6.